The van der Waals surface area contributed by atoms with Crippen LogP contribution in [0.1, 0.15) is 22.3 Å². The van der Waals surface area contributed by atoms with Gasteiger partial charge in [-0.1, -0.05) is 12.1 Å². The van der Waals surface area contributed by atoms with Gasteiger partial charge in [0.15, 0.2) is 0 Å². The number of hydrazone groups is 1. The summed E-state index contributed by atoms with van der Waals surface area (Å²) in [6.07, 6.45) is 0.556. The predicted molar refractivity (Wildman–Crippen MR) is 77.4 cm³/mol. The number of carboxylic acids is 1. The molecule has 0 bridgehead atoms. The third kappa shape index (κ3) is 2.90. The highest BCUT2D eigenvalue weighted by atomic mass is 19.1. The monoisotopic (exact) mass is 299 g/mol. The summed E-state index contributed by atoms with van der Waals surface area (Å²) in [7, 11) is 0. The van der Waals surface area contributed by atoms with Crippen LogP contribution in [0.25, 0.3) is 0 Å². The van der Waals surface area contributed by atoms with Crippen LogP contribution in [0.2, 0.25) is 0 Å². The number of nitrogens with zero attached hydrogens (tertiary/aromatic N) is 1. The van der Waals surface area contributed by atoms with E-state index in [-0.39, 0.29) is 11.4 Å². The maximum absolute atomic E-state index is 13.4. The van der Waals surface area contributed by atoms with E-state index < -0.39 is 5.97 Å². The van der Waals surface area contributed by atoms with Crippen molar-refractivity contribution in [3.63, 3.8) is 0 Å². The molecule has 3 rings (SSSR count). The number of aromatic carboxylic acids is 1. The standard InChI is InChI=1S/C16H13FN2O3/c17-11-3-6-15-13(9-11)14(7-8-22-15)19-18-12-4-1-10(2-5-12)16(20)21/h1-6,9,18H,7-8H2,(H,20,21)/p-1. The fourth-order valence-electron chi connectivity index (χ4n) is 2.17. The third-order valence-corrected chi connectivity index (χ3v) is 3.29. The van der Waals surface area contributed by atoms with E-state index >= 15 is 0 Å². The lowest BCUT2D eigenvalue weighted by atomic mass is 10.0. The summed E-state index contributed by atoms with van der Waals surface area (Å²) in [6, 6.07) is 10.3. The number of fused-ring (bicyclic) bond motifs is 1. The number of benzene rings is 2. The minimum absolute atomic E-state index is 0.0942. The Bertz CT molecular complexity index is 742. The fraction of sp³-hybridized carbons (Fsp3) is 0.125. The Morgan fingerprint density at radius 3 is 2.73 bits per heavy atom. The summed E-state index contributed by atoms with van der Waals surface area (Å²) >= 11 is 0. The van der Waals surface area contributed by atoms with Gasteiger partial charge in [0, 0.05) is 12.0 Å². The molecule has 1 aliphatic rings. The van der Waals surface area contributed by atoms with Gasteiger partial charge in [0.2, 0.25) is 0 Å². The topological polar surface area (TPSA) is 73.8 Å². The van der Waals surface area contributed by atoms with Crippen LogP contribution in [0.15, 0.2) is 47.6 Å². The fourth-order valence-corrected chi connectivity index (χ4v) is 2.17. The Kier molecular flexibility index (Phi) is 3.74. The minimum atomic E-state index is -1.23. The van der Waals surface area contributed by atoms with Crippen LogP contribution >= 0.6 is 0 Å². The number of hydrogen-bond acceptors (Lipinski definition) is 5. The zero-order valence-corrected chi connectivity index (χ0v) is 11.5. The first kappa shape index (κ1) is 14.1. The Balaban J connectivity index is 1.82. The van der Waals surface area contributed by atoms with Gasteiger partial charge >= 0.3 is 0 Å². The summed E-state index contributed by atoms with van der Waals surface area (Å²) in [6.45, 7) is 0.475. The van der Waals surface area contributed by atoms with Crippen molar-refractivity contribution in [3.05, 3.63) is 59.4 Å². The molecule has 6 heteroatoms. The van der Waals surface area contributed by atoms with Gasteiger partial charge in [-0.25, -0.2) is 4.39 Å². The molecule has 2 aromatic rings. The lowest BCUT2D eigenvalue weighted by Gasteiger charge is -2.19. The first-order valence-corrected chi connectivity index (χ1v) is 6.70. The van der Waals surface area contributed by atoms with E-state index in [1.165, 1.54) is 24.3 Å². The number of anilines is 1. The Labute approximate surface area is 126 Å². The minimum Gasteiger partial charge on any atom is -0.545 e. The van der Waals surface area contributed by atoms with Crippen molar-refractivity contribution in [2.45, 2.75) is 6.42 Å². The van der Waals surface area contributed by atoms with E-state index in [1.807, 2.05) is 0 Å². The summed E-state index contributed by atoms with van der Waals surface area (Å²) < 4.78 is 18.8. The predicted octanol–water partition coefficient (Wildman–Crippen LogP) is 1.79. The Morgan fingerprint density at radius 2 is 2.00 bits per heavy atom. The number of rotatable bonds is 3. The molecule has 1 N–H and O–H groups in total. The van der Waals surface area contributed by atoms with Crippen LogP contribution < -0.4 is 15.3 Å². The number of carboxylic acid groups (broad SMARTS) is 1. The largest absolute Gasteiger partial charge is 0.545 e. The molecule has 1 aliphatic heterocycles. The van der Waals surface area contributed by atoms with E-state index in [9.17, 15) is 14.3 Å². The number of hydrogen-bond donors (Lipinski definition) is 1. The van der Waals surface area contributed by atoms with Gasteiger partial charge in [0.25, 0.3) is 0 Å². The van der Waals surface area contributed by atoms with E-state index in [0.717, 1.165) is 0 Å². The molecule has 22 heavy (non-hydrogen) atoms. The zero-order valence-electron chi connectivity index (χ0n) is 11.5. The molecule has 0 aliphatic carbocycles. The van der Waals surface area contributed by atoms with Gasteiger partial charge in [0.05, 0.1) is 24.0 Å². The van der Waals surface area contributed by atoms with Gasteiger partial charge in [-0.15, -0.1) is 0 Å². The van der Waals surface area contributed by atoms with E-state index in [1.54, 1.807) is 18.2 Å². The summed E-state index contributed by atoms with van der Waals surface area (Å²) in [5, 5.41) is 14.9. The molecule has 0 radical (unpaired) electrons. The van der Waals surface area contributed by atoms with Crippen LogP contribution in [-0.2, 0) is 0 Å². The molecule has 0 spiro atoms. The second kappa shape index (κ2) is 5.85. The summed E-state index contributed by atoms with van der Waals surface area (Å²) in [5.74, 6) is -0.984. The number of carbonyl (C=O) groups excluding carboxylic acids is 1. The summed E-state index contributed by atoms with van der Waals surface area (Å²) in [4.78, 5) is 10.7. The van der Waals surface area contributed by atoms with E-state index in [4.69, 9.17) is 4.74 Å². The second-order valence-corrected chi connectivity index (χ2v) is 4.77. The molecule has 0 saturated carbocycles. The first-order valence-electron chi connectivity index (χ1n) is 6.70. The van der Waals surface area contributed by atoms with Crippen molar-refractivity contribution in [2.24, 2.45) is 5.10 Å². The van der Waals surface area contributed by atoms with Crippen molar-refractivity contribution < 1.29 is 19.0 Å². The highest BCUT2D eigenvalue weighted by Crippen LogP contribution is 2.26. The molecule has 112 valence electrons. The number of nitrogens with one attached hydrogen (secondary N) is 1. The molecule has 5 nitrogen and oxygen atoms in total. The van der Waals surface area contributed by atoms with Gasteiger partial charge < -0.3 is 14.6 Å². The van der Waals surface area contributed by atoms with Crippen LogP contribution in [0.5, 0.6) is 5.75 Å². The van der Waals surface area contributed by atoms with Crippen molar-refractivity contribution in [2.75, 3.05) is 12.0 Å². The molecule has 0 fully saturated rings. The molecule has 0 saturated heterocycles. The molecule has 0 unspecified atom stereocenters. The molecule has 0 amide bonds. The lowest BCUT2D eigenvalue weighted by Crippen LogP contribution is -2.22. The average molecular weight is 299 g/mol. The quantitative estimate of drug-likeness (QED) is 0.877. The van der Waals surface area contributed by atoms with Crippen LogP contribution in [0.3, 0.4) is 0 Å². The maximum Gasteiger partial charge on any atom is 0.128 e. The van der Waals surface area contributed by atoms with Gasteiger partial charge in [-0.05, 0) is 35.9 Å². The highest BCUT2D eigenvalue weighted by molar-refractivity contribution is 6.04. The number of ether oxygens (including phenoxy) is 1. The Hall–Kier alpha value is -2.89. The van der Waals surface area contributed by atoms with E-state index in [0.29, 0.717) is 35.7 Å². The zero-order chi connectivity index (χ0) is 15.5. The molecule has 2 aromatic carbocycles. The van der Waals surface area contributed by atoms with Crippen LogP contribution in [0.4, 0.5) is 10.1 Å². The highest BCUT2D eigenvalue weighted by Gasteiger charge is 2.17. The molecule has 0 atom stereocenters. The van der Waals surface area contributed by atoms with Crippen molar-refractivity contribution in [1.29, 1.82) is 0 Å². The van der Waals surface area contributed by atoms with Gasteiger partial charge in [0.1, 0.15) is 11.6 Å². The molecular weight excluding hydrogens is 287 g/mol. The summed E-state index contributed by atoms with van der Waals surface area (Å²) in [5.41, 5.74) is 4.86. The van der Waals surface area contributed by atoms with Gasteiger partial charge in [-0.3, -0.25) is 5.43 Å². The maximum atomic E-state index is 13.4. The first-order chi connectivity index (χ1) is 10.6. The Morgan fingerprint density at radius 1 is 1.23 bits per heavy atom. The van der Waals surface area contributed by atoms with Crippen molar-refractivity contribution >= 4 is 17.4 Å². The van der Waals surface area contributed by atoms with Crippen LogP contribution in [0, 0.1) is 5.82 Å². The average Bonchev–Trinajstić information content (AvgIpc) is 2.53. The molecule has 0 aromatic heterocycles. The van der Waals surface area contributed by atoms with E-state index in [2.05, 4.69) is 10.5 Å². The SMILES string of the molecule is O=C([O-])c1ccc(NN=C2CCOc3ccc(F)cc32)cc1. The number of carbonyl (C=O) groups is 1. The smallest absolute Gasteiger partial charge is 0.128 e. The molecule has 1 heterocycles. The van der Waals surface area contributed by atoms with Crippen molar-refractivity contribution in [1.82, 2.24) is 0 Å². The van der Waals surface area contributed by atoms with Crippen LogP contribution in [-0.4, -0.2) is 18.3 Å². The van der Waals surface area contributed by atoms with Crippen molar-refractivity contribution in [3.8, 4) is 5.75 Å². The second-order valence-electron chi connectivity index (χ2n) is 4.77. The number of halogens is 1. The lowest BCUT2D eigenvalue weighted by molar-refractivity contribution is -0.255. The van der Waals surface area contributed by atoms with Gasteiger partial charge in [-0.2, -0.15) is 5.10 Å². The molecular formula is C16H12FN2O3-. The normalized spacial score (nSPS) is 15.0. The third-order valence-electron chi connectivity index (χ3n) is 3.29.